The van der Waals surface area contributed by atoms with Crippen molar-refractivity contribution in [2.75, 3.05) is 30.8 Å². The Kier molecular flexibility index (Phi) is 5.90. The molecule has 1 unspecified atom stereocenters. The number of benzene rings is 2. The van der Waals surface area contributed by atoms with Gasteiger partial charge in [0.25, 0.3) is 0 Å². The lowest BCUT2D eigenvalue weighted by atomic mass is 10.1. The summed E-state index contributed by atoms with van der Waals surface area (Å²) in [6, 6.07) is 12.7. The fourth-order valence-electron chi connectivity index (χ4n) is 3.10. The molecule has 142 valence electrons. The van der Waals surface area contributed by atoms with E-state index in [1.807, 2.05) is 6.07 Å². The lowest BCUT2D eigenvalue weighted by molar-refractivity contribution is 0.0600. The summed E-state index contributed by atoms with van der Waals surface area (Å²) >= 11 is 0. The third-order valence-corrected chi connectivity index (χ3v) is 4.46. The van der Waals surface area contributed by atoms with Crippen LogP contribution in [0.4, 0.5) is 20.6 Å². The fourth-order valence-corrected chi connectivity index (χ4v) is 3.10. The Bertz CT molecular complexity index is 810. The predicted molar refractivity (Wildman–Crippen MR) is 101 cm³/mol. The number of carbonyl (C=O) groups is 2. The third-order valence-electron chi connectivity index (χ3n) is 4.46. The molecule has 1 aliphatic rings. The monoisotopic (exact) mass is 371 g/mol. The quantitative estimate of drug-likeness (QED) is 0.804. The van der Waals surface area contributed by atoms with Gasteiger partial charge in [0.2, 0.25) is 0 Å². The van der Waals surface area contributed by atoms with Gasteiger partial charge in [-0.25, -0.2) is 14.0 Å². The number of likely N-dealkylation sites (tertiary alicyclic amines) is 1. The Morgan fingerprint density at radius 3 is 2.63 bits per heavy atom. The molecular weight excluding hydrogens is 349 g/mol. The molecular formula is C20H22FN3O3. The number of ether oxygens (including phenoxy) is 1. The predicted octanol–water partition coefficient (Wildman–Crippen LogP) is 3.72. The first-order valence-corrected chi connectivity index (χ1v) is 8.81. The van der Waals surface area contributed by atoms with E-state index in [0.29, 0.717) is 30.0 Å². The normalized spacial score (nSPS) is 16.5. The molecule has 1 fully saturated rings. The number of hydrogen-bond acceptors (Lipinski definition) is 4. The van der Waals surface area contributed by atoms with Crippen LogP contribution in [0.5, 0.6) is 0 Å². The Labute approximate surface area is 157 Å². The van der Waals surface area contributed by atoms with Crippen LogP contribution in [-0.2, 0) is 4.74 Å². The van der Waals surface area contributed by atoms with Crippen LogP contribution >= 0.6 is 0 Å². The Balaban J connectivity index is 1.57. The highest BCUT2D eigenvalue weighted by Gasteiger charge is 2.23. The molecule has 0 bridgehead atoms. The highest BCUT2D eigenvalue weighted by Crippen LogP contribution is 2.18. The molecule has 0 saturated carbocycles. The van der Waals surface area contributed by atoms with Crippen molar-refractivity contribution in [3.05, 3.63) is 59.9 Å². The Morgan fingerprint density at radius 1 is 1.15 bits per heavy atom. The van der Waals surface area contributed by atoms with E-state index >= 15 is 0 Å². The molecule has 6 nitrogen and oxygen atoms in total. The van der Waals surface area contributed by atoms with E-state index in [4.69, 9.17) is 0 Å². The first-order chi connectivity index (χ1) is 13.0. The molecule has 2 aromatic carbocycles. The van der Waals surface area contributed by atoms with Gasteiger partial charge in [0, 0.05) is 30.5 Å². The van der Waals surface area contributed by atoms with Gasteiger partial charge in [-0.1, -0.05) is 6.07 Å². The van der Waals surface area contributed by atoms with Crippen LogP contribution in [0.3, 0.4) is 0 Å². The van der Waals surface area contributed by atoms with Gasteiger partial charge in [-0.05, 0) is 55.3 Å². The number of methoxy groups -OCH3 is 1. The summed E-state index contributed by atoms with van der Waals surface area (Å²) in [5.41, 5.74) is 1.74. The molecule has 2 amide bonds. The van der Waals surface area contributed by atoms with Crippen molar-refractivity contribution in [3.63, 3.8) is 0 Å². The standard InChI is InChI=1S/C20H22FN3O3/c1-27-19(25)14-7-9-16(10-8-14)23-20(26)24-11-3-6-18(13-24)22-17-5-2-4-15(21)12-17/h2,4-5,7-10,12,18,22H,3,6,11,13H2,1H3,(H,23,26). The number of rotatable bonds is 4. The minimum Gasteiger partial charge on any atom is -0.465 e. The lowest BCUT2D eigenvalue weighted by Crippen LogP contribution is -2.46. The smallest absolute Gasteiger partial charge is 0.337 e. The maximum atomic E-state index is 13.3. The molecule has 1 aliphatic heterocycles. The van der Waals surface area contributed by atoms with Crippen molar-refractivity contribution in [1.82, 2.24) is 4.90 Å². The second-order valence-corrected chi connectivity index (χ2v) is 6.44. The molecule has 0 spiro atoms. The number of halogens is 1. The number of nitrogens with one attached hydrogen (secondary N) is 2. The molecule has 27 heavy (non-hydrogen) atoms. The summed E-state index contributed by atoms with van der Waals surface area (Å²) in [5.74, 6) is -0.712. The number of piperidine rings is 1. The van der Waals surface area contributed by atoms with Crippen molar-refractivity contribution in [1.29, 1.82) is 0 Å². The van der Waals surface area contributed by atoms with E-state index in [9.17, 15) is 14.0 Å². The largest absolute Gasteiger partial charge is 0.465 e. The van der Waals surface area contributed by atoms with Gasteiger partial charge >= 0.3 is 12.0 Å². The van der Waals surface area contributed by atoms with Crippen molar-refractivity contribution in [3.8, 4) is 0 Å². The van der Waals surface area contributed by atoms with E-state index < -0.39 is 5.97 Å². The number of carbonyl (C=O) groups excluding carboxylic acids is 2. The number of hydrogen-bond donors (Lipinski definition) is 2. The van der Waals surface area contributed by atoms with Gasteiger partial charge in [0.05, 0.1) is 12.7 Å². The highest BCUT2D eigenvalue weighted by molar-refractivity contribution is 5.92. The van der Waals surface area contributed by atoms with E-state index in [1.54, 1.807) is 35.2 Å². The van der Waals surface area contributed by atoms with Gasteiger partial charge in [-0.3, -0.25) is 0 Å². The first-order valence-electron chi connectivity index (χ1n) is 8.81. The fraction of sp³-hybridized carbons (Fsp3) is 0.300. The van der Waals surface area contributed by atoms with Crippen LogP contribution in [0, 0.1) is 5.82 Å². The third kappa shape index (κ3) is 4.97. The number of urea groups is 1. The van der Waals surface area contributed by atoms with Gasteiger partial charge < -0.3 is 20.3 Å². The first kappa shape index (κ1) is 18.7. The average molecular weight is 371 g/mol. The van der Waals surface area contributed by atoms with E-state index in [0.717, 1.165) is 12.8 Å². The van der Waals surface area contributed by atoms with Crippen molar-refractivity contribution < 1.29 is 18.7 Å². The molecule has 7 heteroatoms. The molecule has 2 aromatic rings. The maximum Gasteiger partial charge on any atom is 0.337 e. The summed E-state index contributed by atoms with van der Waals surface area (Å²) in [6.07, 6.45) is 1.77. The van der Waals surface area contributed by atoms with Crippen LogP contribution in [0.2, 0.25) is 0 Å². The Hall–Kier alpha value is -3.09. The number of esters is 1. The zero-order chi connectivity index (χ0) is 19.2. The summed E-state index contributed by atoms with van der Waals surface area (Å²) in [6.45, 7) is 1.19. The zero-order valence-electron chi connectivity index (χ0n) is 15.1. The highest BCUT2D eigenvalue weighted by atomic mass is 19.1. The second kappa shape index (κ2) is 8.53. The summed E-state index contributed by atoms with van der Waals surface area (Å²) in [7, 11) is 1.32. The lowest BCUT2D eigenvalue weighted by Gasteiger charge is -2.33. The van der Waals surface area contributed by atoms with Crippen LogP contribution in [0.25, 0.3) is 0 Å². The van der Waals surface area contributed by atoms with Crippen LogP contribution < -0.4 is 10.6 Å². The number of nitrogens with zero attached hydrogens (tertiary/aromatic N) is 1. The molecule has 3 rings (SSSR count). The molecule has 1 atom stereocenters. The van der Waals surface area contributed by atoms with Crippen LogP contribution in [0.15, 0.2) is 48.5 Å². The summed E-state index contributed by atoms with van der Waals surface area (Å²) in [4.78, 5) is 25.7. The molecule has 1 saturated heterocycles. The van der Waals surface area contributed by atoms with Gasteiger partial charge in [0.15, 0.2) is 0 Å². The second-order valence-electron chi connectivity index (χ2n) is 6.44. The minimum absolute atomic E-state index is 0.0630. The van der Waals surface area contributed by atoms with Crippen LogP contribution in [0.1, 0.15) is 23.2 Å². The zero-order valence-corrected chi connectivity index (χ0v) is 15.1. The van der Waals surface area contributed by atoms with E-state index in [-0.39, 0.29) is 17.9 Å². The molecule has 0 aliphatic carbocycles. The van der Waals surface area contributed by atoms with Crippen LogP contribution in [-0.4, -0.2) is 43.1 Å². The summed E-state index contributed by atoms with van der Waals surface area (Å²) < 4.78 is 18.0. The maximum absolute atomic E-state index is 13.3. The van der Waals surface area contributed by atoms with E-state index in [2.05, 4.69) is 15.4 Å². The molecule has 0 radical (unpaired) electrons. The summed E-state index contributed by atoms with van der Waals surface area (Å²) in [5, 5.41) is 6.12. The van der Waals surface area contributed by atoms with E-state index in [1.165, 1.54) is 19.2 Å². The van der Waals surface area contributed by atoms with Gasteiger partial charge in [0.1, 0.15) is 5.82 Å². The SMILES string of the molecule is COC(=O)c1ccc(NC(=O)N2CCCC(Nc3cccc(F)c3)C2)cc1. The average Bonchev–Trinajstić information content (AvgIpc) is 2.68. The number of anilines is 2. The topological polar surface area (TPSA) is 70.7 Å². The number of amides is 2. The van der Waals surface area contributed by atoms with Crippen molar-refractivity contribution in [2.24, 2.45) is 0 Å². The molecule has 1 heterocycles. The van der Waals surface area contributed by atoms with Gasteiger partial charge in [-0.15, -0.1) is 0 Å². The van der Waals surface area contributed by atoms with Gasteiger partial charge in [-0.2, -0.15) is 0 Å². The molecule has 2 N–H and O–H groups in total. The minimum atomic E-state index is -0.421. The van der Waals surface area contributed by atoms with Crippen molar-refractivity contribution >= 4 is 23.4 Å². The molecule has 0 aromatic heterocycles. The Morgan fingerprint density at radius 2 is 1.93 bits per heavy atom. The van der Waals surface area contributed by atoms with Crippen molar-refractivity contribution in [2.45, 2.75) is 18.9 Å².